The Morgan fingerprint density at radius 1 is 1.12 bits per heavy atom. The number of hydrogen-bond donors (Lipinski definition) is 3. The van der Waals surface area contributed by atoms with Gasteiger partial charge < -0.3 is 34.7 Å². The second kappa shape index (κ2) is 14.7. The number of aryl methyl sites for hydroxylation is 1. The fraction of sp³-hybridized carbons (Fsp3) is 0.500. The predicted octanol–water partition coefficient (Wildman–Crippen LogP) is 1.91. The molecule has 7 rings (SSSR count). The summed E-state index contributed by atoms with van der Waals surface area (Å²) in [5.74, 6) is -2.53. The predicted molar refractivity (Wildman–Crippen MR) is 194 cm³/mol. The normalized spacial score (nSPS) is 20.5. The molecule has 0 unspecified atom stereocenters. The highest BCUT2D eigenvalue weighted by Crippen LogP contribution is 2.46. The Morgan fingerprint density at radius 3 is 2.55 bits per heavy atom. The summed E-state index contributed by atoms with van der Waals surface area (Å²) >= 11 is 0. The van der Waals surface area contributed by atoms with Crippen LogP contribution in [0.15, 0.2) is 16.9 Å². The van der Waals surface area contributed by atoms with Crippen molar-refractivity contribution < 1.29 is 51.0 Å². The molecule has 3 aliphatic heterocycles. The summed E-state index contributed by atoms with van der Waals surface area (Å²) in [6.07, 6.45) is -0.572. The van der Waals surface area contributed by atoms with Gasteiger partial charge in [0, 0.05) is 61.7 Å². The van der Waals surface area contributed by atoms with Gasteiger partial charge in [0.15, 0.2) is 0 Å². The minimum Gasteiger partial charge on any atom is -0.457 e. The van der Waals surface area contributed by atoms with E-state index in [1.54, 1.807) is 19.9 Å². The molecule has 20 heteroatoms. The van der Waals surface area contributed by atoms with E-state index in [0.717, 1.165) is 26.4 Å². The number of esters is 1. The third-order valence-corrected chi connectivity index (χ3v) is 12.4. The monoisotopic (exact) mass is 799 g/mol. The fourth-order valence-corrected chi connectivity index (χ4v) is 8.47. The minimum absolute atomic E-state index is 0.118. The lowest BCUT2D eigenvalue weighted by molar-refractivity contribution is -0.175. The average molecular weight is 800 g/mol. The summed E-state index contributed by atoms with van der Waals surface area (Å²) in [5, 5.41) is 4.54. The van der Waals surface area contributed by atoms with Crippen molar-refractivity contribution in [3.63, 3.8) is 0 Å². The highest BCUT2D eigenvalue weighted by atomic mass is 32.2. The van der Waals surface area contributed by atoms with Gasteiger partial charge in [0.1, 0.15) is 19.0 Å². The zero-order valence-electron chi connectivity index (χ0n) is 31.2. The van der Waals surface area contributed by atoms with E-state index < -0.39 is 57.2 Å². The minimum atomic E-state index is -3.92. The van der Waals surface area contributed by atoms with Crippen molar-refractivity contribution in [2.45, 2.75) is 70.7 Å². The number of fused-ring (bicyclic) bond motifs is 5. The van der Waals surface area contributed by atoms with E-state index in [-0.39, 0.29) is 75.8 Å². The van der Waals surface area contributed by atoms with Crippen LogP contribution in [0.25, 0.3) is 22.3 Å². The molecule has 1 saturated heterocycles. The highest BCUT2D eigenvalue weighted by molar-refractivity contribution is 7.87. The van der Waals surface area contributed by atoms with Crippen LogP contribution in [0.1, 0.15) is 72.0 Å². The number of carbonyl (C=O) groups excluding carboxylic acids is 4. The van der Waals surface area contributed by atoms with Crippen LogP contribution >= 0.6 is 0 Å². The zero-order valence-corrected chi connectivity index (χ0v) is 32.0. The van der Waals surface area contributed by atoms with Crippen LogP contribution in [0.3, 0.4) is 0 Å². The lowest BCUT2D eigenvalue weighted by Gasteiger charge is -2.35. The van der Waals surface area contributed by atoms with E-state index in [0.29, 0.717) is 35.3 Å². The van der Waals surface area contributed by atoms with Gasteiger partial charge in [-0.05, 0) is 61.8 Å². The lowest BCUT2D eigenvalue weighted by atomic mass is 9.82. The van der Waals surface area contributed by atoms with Crippen molar-refractivity contribution in [3.05, 3.63) is 61.7 Å². The first-order valence-electron chi connectivity index (χ1n) is 18.2. The second-order valence-corrected chi connectivity index (χ2v) is 16.3. The van der Waals surface area contributed by atoms with Crippen molar-refractivity contribution in [2.24, 2.45) is 11.7 Å². The molecule has 2 aromatic heterocycles. The number of hydroxylamine groups is 2. The number of amides is 2. The van der Waals surface area contributed by atoms with Crippen molar-refractivity contribution in [1.82, 2.24) is 29.0 Å². The smallest absolute Gasteiger partial charge is 0.457 e. The van der Waals surface area contributed by atoms with Crippen LogP contribution in [0.5, 0.6) is 0 Å². The molecule has 1 fully saturated rings. The number of aromatic nitrogens is 2. The first-order valence-corrected chi connectivity index (χ1v) is 19.7. The maximum atomic E-state index is 15.0. The van der Waals surface area contributed by atoms with Gasteiger partial charge >= 0.3 is 28.4 Å². The number of nitrogens with two attached hydrogens (primary N) is 1. The van der Waals surface area contributed by atoms with Crippen molar-refractivity contribution in [1.29, 1.82) is 0 Å². The van der Waals surface area contributed by atoms with E-state index >= 15 is 4.39 Å². The third kappa shape index (κ3) is 6.73. The number of nitrogens with one attached hydrogen (secondary N) is 2. The van der Waals surface area contributed by atoms with E-state index in [2.05, 4.69) is 5.32 Å². The molecule has 0 spiro atoms. The van der Waals surface area contributed by atoms with Crippen molar-refractivity contribution in [2.75, 3.05) is 40.3 Å². The van der Waals surface area contributed by atoms with Crippen LogP contribution in [-0.4, -0.2) is 91.8 Å². The van der Waals surface area contributed by atoms with Crippen LogP contribution in [0.2, 0.25) is 0 Å². The Balaban J connectivity index is 1.01. The third-order valence-electron chi connectivity index (χ3n) is 11.0. The first kappa shape index (κ1) is 39.1. The van der Waals surface area contributed by atoms with E-state index in [1.807, 2.05) is 4.72 Å². The molecule has 300 valence electrons. The largest absolute Gasteiger partial charge is 0.509 e. The average Bonchev–Trinajstić information content (AvgIpc) is 3.52. The second-order valence-electron chi connectivity index (χ2n) is 14.4. The molecule has 5 heterocycles. The van der Waals surface area contributed by atoms with Gasteiger partial charge in [-0.15, -0.1) is 5.06 Å². The van der Waals surface area contributed by atoms with Gasteiger partial charge in [-0.25, -0.2) is 28.5 Å². The van der Waals surface area contributed by atoms with Gasteiger partial charge in [0.25, 0.3) is 5.56 Å². The number of rotatable bonds is 9. The Kier molecular flexibility index (Phi) is 10.3. The van der Waals surface area contributed by atoms with E-state index in [4.69, 9.17) is 29.8 Å². The molecule has 0 saturated carbocycles. The standard InChI is InChI=1S/C36H42FN7O11S/c1-5-36(54-35(49)52-13-10-39-34(48)55-43-11-8-19(9-12-43)31(45)41-56(50,51)42(3)4)23-14-27-30-21(16-44(27)32(46)22(23)17-53-33(36)47)28-25(38)7-6-20-18(2)24(37)15-26(40-30)29(20)28/h14-15,19,25H,5-13,16-17,38H2,1-4H3,(H,39,48)(H,41,45)/t25-,36-/m0/s1. The summed E-state index contributed by atoms with van der Waals surface area (Å²) in [6.45, 7) is 2.88. The van der Waals surface area contributed by atoms with Crippen LogP contribution < -0.4 is 21.3 Å². The van der Waals surface area contributed by atoms with Gasteiger partial charge in [0.05, 0.1) is 35.6 Å². The molecule has 0 bridgehead atoms. The number of carbonyl (C=O) groups is 4. The Hall–Kier alpha value is -5.18. The van der Waals surface area contributed by atoms with Gasteiger partial charge in [-0.3, -0.25) is 9.59 Å². The van der Waals surface area contributed by atoms with Crippen molar-refractivity contribution in [3.8, 4) is 11.4 Å². The SMILES string of the molecule is CC[C@@]1(OC(=O)OCCNC(=O)ON2CCC(C(=O)NS(=O)(=O)N(C)C)CC2)C(=O)OCc2c1cc1n(c2=O)Cc2c-1nc1cc(F)c(C)c3c1c2[C@@H](N)CC3. The molecule has 0 radical (unpaired) electrons. The molecule has 1 aromatic carbocycles. The van der Waals surface area contributed by atoms with E-state index in [9.17, 15) is 32.4 Å². The Bertz CT molecular complexity index is 2340. The fourth-order valence-electron chi connectivity index (χ4n) is 7.87. The number of nitrogens with zero attached hydrogens (tertiary/aromatic N) is 4. The van der Waals surface area contributed by atoms with Gasteiger partial charge in [-0.2, -0.15) is 12.7 Å². The number of benzene rings is 1. The summed E-state index contributed by atoms with van der Waals surface area (Å²) in [5.41, 5.74) is 8.49. The zero-order chi connectivity index (χ0) is 40.3. The number of hydrogen-bond acceptors (Lipinski definition) is 14. The molecular weight excluding hydrogens is 757 g/mol. The lowest BCUT2D eigenvalue weighted by Crippen LogP contribution is -2.47. The number of cyclic esters (lactones) is 1. The maximum Gasteiger partial charge on any atom is 0.509 e. The molecule has 56 heavy (non-hydrogen) atoms. The molecule has 1 aliphatic carbocycles. The summed E-state index contributed by atoms with van der Waals surface area (Å²) < 4.78 is 59.6. The topological polar surface area (TPSA) is 231 Å². The van der Waals surface area contributed by atoms with Crippen LogP contribution in [-0.2, 0) is 64.0 Å². The van der Waals surface area contributed by atoms with Crippen molar-refractivity contribution >= 4 is 45.2 Å². The van der Waals surface area contributed by atoms with Gasteiger partial charge in [0.2, 0.25) is 11.5 Å². The molecule has 2 atom stereocenters. The summed E-state index contributed by atoms with van der Waals surface area (Å²) in [6, 6.07) is 2.59. The van der Waals surface area contributed by atoms with Gasteiger partial charge in [-0.1, -0.05) is 6.92 Å². The summed E-state index contributed by atoms with van der Waals surface area (Å²) in [4.78, 5) is 75.3. The molecular formula is C36H42FN7O11S. The molecule has 18 nitrogen and oxygen atoms in total. The Labute approximate surface area is 320 Å². The molecule has 4 N–H and O–H groups in total. The Morgan fingerprint density at radius 2 is 1.86 bits per heavy atom. The van der Waals surface area contributed by atoms with Crippen LogP contribution in [0.4, 0.5) is 14.0 Å². The number of pyridine rings is 2. The van der Waals surface area contributed by atoms with Crippen LogP contribution in [0, 0.1) is 18.7 Å². The number of piperidine rings is 1. The maximum absolute atomic E-state index is 15.0. The quantitative estimate of drug-likeness (QED) is 0.162. The molecule has 4 aliphatic rings. The molecule has 2 amide bonds. The highest BCUT2D eigenvalue weighted by Gasteiger charge is 2.51. The molecule has 3 aromatic rings. The number of ether oxygens (including phenoxy) is 3. The number of halogens is 1. The first-order chi connectivity index (χ1) is 26.6. The summed E-state index contributed by atoms with van der Waals surface area (Å²) in [7, 11) is -1.33. The van der Waals surface area contributed by atoms with E-state index in [1.165, 1.54) is 29.8 Å².